The maximum atomic E-state index is 13.0. The van der Waals surface area contributed by atoms with Gasteiger partial charge in [0.2, 0.25) is 0 Å². The molecule has 0 atom stereocenters. The molecule has 0 aromatic heterocycles. The first-order chi connectivity index (χ1) is 10.0. The van der Waals surface area contributed by atoms with Crippen LogP contribution < -0.4 is 10.6 Å². The van der Waals surface area contributed by atoms with Crippen molar-refractivity contribution in [2.75, 3.05) is 17.2 Å². The largest absolute Gasteiger partial charge is 0.465 e. The highest BCUT2D eigenvalue weighted by Gasteiger charge is 2.36. The quantitative estimate of drug-likeness (QED) is 0.565. The lowest BCUT2D eigenvalue weighted by Crippen LogP contribution is -2.16. The molecule has 0 heterocycles. The normalized spacial score (nSPS) is 11.4. The molecule has 22 heavy (non-hydrogen) atoms. The van der Waals surface area contributed by atoms with Gasteiger partial charge in [0.05, 0.1) is 10.5 Å². The highest BCUT2D eigenvalue weighted by atomic mass is 19.4. The van der Waals surface area contributed by atoms with Gasteiger partial charge in [0.1, 0.15) is 5.69 Å². The van der Waals surface area contributed by atoms with Gasteiger partial charge in [0.15, 0.2) is 0 Å². The number of rotatable bonds is 5. The Bertz CT molecular complexity index is 588. The van der Waals surface area contributed by atoms with E-state index in [-0.39, 0.29) is 12.5 Å². The number of carboxylic acid groups (broad SMARTS) is 1. The molecule has 0 saturated carbocycles. The molecule has 122 valence electrons. The zero-order valence-electron chi connectivity index (χ0n) is 11.7. The van der Waals surface area contributed by atoms with E-state index in [1.54, 1.807) is 19.2 Å². The second kappa shape index (κ2) is 6.50. The molecule has 0 unspecified atom stereocenters. The van der Waals surface area contributed by atoms with Gasteiger partial charge in [-0.3, -0.25) is 15.4 Å². The van der Waals surface area contributed by atoms with Crippen molar-refractivity contribution in [3.8, 4) is 0 Å². The number of nitrogens with zero attached hydrogens (tertiary/aromatic N) is 1. The third kappa shape index (κ3) is 4.50. The molecule has 0 radical (unpaired) electrons. The Labute approximate surface area is 123 Å². The standard InChI is InChI=1S/C12H14F3N3O4/c1-6(2)5-16-8-4-9(17-11(19)20)10(18(21)22)3-7(8)12(13,14)15/h3-4,6,16-17H,5H2,1-2H3,(H,19,20). The van der Waals surface area contributed by atoms with Gasteiger partial charge in [-0.25, -0.2) is 4.79 Å². The predicted molar refractivity (Wildman–Crippen MR) is 73.1 cm³/mol. The van der Waals surface area contributed by atoms with Gasteiger partial charge in [0, 0.05) is 18.3 Å². The van der Waals surface area contributed by atoms with Crippen molar-refractivity contribution in [2.45, 2.75) is 20.0 Å². The van der Waals surface area contributed by atoms with E-state index in [0.29, 0.717) is 6.07 Å². The van der Waals surface area contributed by atoms with Crippen molar-refractivity contribution >= 4 is 23.2 Å². The molecule has 0 bridgehead atoms. The zero-order chi connectivity index (χ0) is 17.1. The monoisotopic (exact) mass is 321 g/mol. The number of hydrogen-bond donors (Lipinski definition) is 3. The Kier molecular flexibility index (Phi) is 5.18. The number of benzene rings is 1. The zero-order valence-corrected chi connectivity index (χ0v) is 11.7. The molecule has 1 aromatic carbocycles. The first-order valence-corrected chi connectivity index (χ1v) is 6.15. The minimum atomic E-state index is -4.81. The van der Waals surface area contributed by atoms with E-state index in [9.17, 15) is 28.1 Å². The van der Waals surface area contributed by atoms with Crippen LogP contribution in [0.2, 0.25) is 0 Å². The summed E-state index contributed by atoms with van der Waals surface area (Å²) in [6.07, 6.45) is -6.43. The predicted octanol–water partition coefficient (Wildman–Crippen LogP) is 3.77. The third-order valence-corrected chi connectivity index (χ3v) is 2.58. The number of hydrogen-bond acceptors (Lipinski definition) is 4. The summed E-state index contributed by atoms with van der Waals surface area (Å²) in [7, 11) is 0. The van der Waals surface area contributed by atoms with Crippen LogP contribution in [0.5, 0.6) is 0 Å². The van der Waals surface area contributed by atoms with E-state index in [2.05, 4.69) is 5.32 Å². The molecule has 0 fully saturated rings. The topological polar surface area (TPSA) is 104 Å². The van der Waals surface area contributed by atoms with Gasteiger partial charge < -0.3 is 10.4 Å². The minimum Gasteiger partial charge on any atom is -0.465 e. The van der Waals surface area contributed by atoms with Crippen molar-refractivity contribution < 1.29 is 28.0 Å². The van der Waals surface area contributed by atoms with Gasteiger partial charge in [-0.15, -0.1) is 0 Å². The molecular formula is C12H14F3N3O4. The lowest BCUT2D eigenvalue weighted by Gasteiger charge is -2.17. The molecule has 0 aliphatic carbocycles. The fraction of sp³-hybridized carbons (Fsp3) is 0.417. The van der Waals surface area contributed by atoms with E-state index in [4.69, 9.17) is 5.11 Å². The smallest absolute Gasteiger partial charge is 0.418 e. The molecule has 0 aliphatic rings. The molecule has 1 amide bonds. The van der Waals surface area contributed by atoms with Crippen molar-refractivity contribution in [1.29, 1.82) is 0 Å². The van der Waals surface area contributed by atoms with Gasteiger partial charge in [-0.05, 0) is 12.0 Å². The highest BCUT2D eigenvalue weighted by molar-refractivity contribution is 5.88. The van der Waals surface area contributed by atoms with Gasteiger partial charge in [-0.2, -0.15) is 13.2 Å². The summed E-state index contributed by atoms with van der Waals surface area (Å²) in [4.78, 5) is 20.4. The number of nitro groups is 1. The number of nitro benzene ring substituents is 1. The number of nitrogens with one attached hydrogen (secondary N) is 2. The van der Waals surface area contributed by atoms with E-state index in [1.807, 2.05) is 0 Å². The van der Waals surface area contributed by atoms with Crippen LogP contribution in [0.1, 0.15) is 19.4 Å². The Morgan fingerprint density at radius 3 is 2.36 bits per heavy atom. The van der Waals surface area contributed by atoms with E-state index in [0.717, 1.165) is 6.07 Å². The summed E-state index contributed by atoms with van der Waals surface area (Å²) >= 11 is 0. The Balaban J connectivity index is 3.43. The summed E-state index contributed by atoms with van der Waals surface area (Å²) in [5, 5.41) is 23.7. The summed E-state index contributed by atoms with van der Waals surface area (Å²) < 4.78 is 39.0. The van der Waals surface area contributed by atoms with Crippen LogP contribution in [0, 0.1) is 16.0 Å². The van der Waals surface area contributed by atoms with Crippen LogP contribution in [-0.2, 0) is 6.18 Å². The summed E-state index contributed by atoms with van der Waals surface area (Å²) in [6.45, 7) is 3.72. The summed E-state index contributed by atoms with van der Waals surface area (Å²) in [6, 6.07) is 1.09. The Morgan fingerprint density at radius 2 is 1.95 bits per heavy atom. The maximum absolute atomic E-state index is 13.0. The van der Waals surface area contributed by atoms with Gasteiger partial charge >= 0.3 is 12.3 Å². The lowest BCUT2D eigenvalue weighted by atomic mass is 10.1. The van der Waals surface area contributed by atoms with Crippen molar-refractivity contribution in [1.82, 2.24) is 0 Å². The van der Waals surface area contributed by atoms with Gasteiger partial charge in [-0.1, -0.05) is 13.8 Å². The second-order valence-electron chi connectivity index (χ2n) is 4.87. The van der Waals surface area contributed by atoms with Crippen molar-refractivity contribution in [2.24, 2.45) is 5.92 Å². The fourth-order valence-corrected chi connectivity index (χ4v) is 1.65. The molecule has 1 rings (SSSR count). The number of carbonyl (C=O) groups is 1. The van der Waals surface area contributed by atoms with E-state index in [1.165, 1.54) is 0 Å². The molecule has 1 aromatic rings. The molecule has 0 aliphatic heterocycles. The average Bonchev–Trinajstić information content (AvgIpc) is 2.33. The first-order valence-electron chi connectivity index (χ1n) is 6.15. The number of anilines is 2. The Hall–Kier alpha value is -2.52. The van der Waals surface area contributed by atoms with Crippen LogP contribution in [0.3, 0.4) is 0 Å². The minimum absolute atomic E-state index is 0.0205. The number of amides is 1. The lowest BCUT2D eigenvalue weighted by molar-refractivity contribution is -0.384. The summed E-state index contributed by atoms with van der Waals surface area (Å²) in [5.74, 6) is 0.0205. The molecule has 3 N–H and O–H groups in total. The highest BCUT2D eigenvalue weighted by Crippen LogP contribution is 2.40. The van der Waals surface area contributed by atoms with Crippen LogP contribution in [0.4, 0.5) is 35.0 Å². The first kappa shape index (κ1) is 17.5. The third-order valence-electron chi connectivity index (χ3n) is 2.58. The van der Waals surface area contributed by atoms with E-state index < -0.39 is 39.8 Å². The van der Waals surface area contributed by atoms with Crippen molar-refractivity contribution in [3.05, 3.63) is 27.8 Å². The number of alkyl halides is 3. The maximum Gasteiger partial charge on any atom is 0.418 e. The average molecular weight is 321 g/mol. The van der Waals surface area contributed by atoms with E-state index >= 15 is 0 Å². The Morgan fingerprint density at radius 1 is 1.36 bits per heavy atom. The van der Waals surface area contributed by atoms with Crippen LogP contribution in [-0.4, -0.2) is 22.7 Å². The van der Waals surface area contributed by atoms with Crippen molar-refractivity contribution in [3.63, 3.8) is 0 Å². The number of halogens is 3. The van der Waals surface area contributed by atoms with Gasteiger partial charge in [0.25, 0.3) is 5.69 Å². The molecule has 7 nitrogen and oxygen atoms in total. The molecule has 0 spiro atoms. The van der Waals surface area contributed by atoms with Crippen LogP contribution >= 0.6 is 0 Å². The molecular weight excluding hydrogens is 307 g/mol. The summed E-state index contributed by atoms with van der Waals surface area (Å²) in [5.41, 5.74) is -3.15. The van der Waals surface area contributed by atoms with Crippen LogP contribution in [0.15, 0.2) is 12.1 Å². The molecule has 0 saturated heterocycles. The van der Waals surface area contributed by atoms with Crippen LogP contribution in [0.25, 0.3) is 0 Å². The molecule has 10 heteroatoms. The second-order valence-corrected chi connectivity index (χ2v) is 4.87. The fourth-order valence-electron chi connectivity index (χ4n) is 1.65. The SMILES string of the molecule is CC(C)CNc1cc(NC(=O)O)c([N+](=O)[O-])cc1C(F)(F)F.